The lowest BCUT2D eigenvalue weighted by atomic mass is 10.0. The molecule has 20 N–H and O–H groups in total. The highest BCUT2D eigenvalue weighted by Crippen LogP contribution is 2.31. The van der Waals surface area contributed by atoms with Crippen molar-refractivity contribution in [3.8, 4) is 0 Å². The zero-order valence-electron chi connectivity index (χ0n) is 78.7. The minimum absolute atomic E-state index is 0.0114. The highest BCUT2D eigenvalue weighted by Gasteiger charge is 2.31. The fourth-order valence-electron chi connectivity index (χ4n) is 13.7. The number of amides is 16. The standard InChI is InChI=1S/4C28H22N4O4.C2H8N2/c4*33-25(29-19-11-4-1-5-12-19)22-17-10-18-23(24(22)26(34)30-20-13-6-2-7-14-20)32-28(36)27(35)31-21-15-8-3-9-16-21;3-1-2-4/h4*1-18H,(H,29,33)(H,30,34)(H,31,35)(H,32,36);1-4H2. The first-order chi connectivity index (χ1) is 71.9. The van der Waals surface area contributed by atoms with Crippen LogP contribution in [0.3, 0.4) is 0 Å². The Morgan fingerprint density at radius 3 is 0.372 bits per heavy atom. The summed E-state index contributed by atoms with van der Waals surface area (Å²) in [4.78, 5) is 206. The van der Waals surface area contributed by atoms with E-state index in [1.165, 1.54) is 72.8 Å². The molecule has 16 aromatic rings. The second-order valence-corrected chi connectivity index (χ2v) is 31.1. The van der Waals surface area contributed by atoms with Crippen molar-refractivity contribution in [1.29, 1.82) is 0 Å². The third-order valence-electron chi connectivity index (χ3n) is 20.5. The largest absolute Gasteiger partial charge is 0.329 e. The minimum atomic E-state index is -0.992. The van der Waals surface area contributed by atoms with E-state index in [0.717, 1.165) is 0 Å². The number of para-hydroxylation sites is 12. The minimum Gasteiger partial charge on any atom is -0.329 e. The van der Waals surface area contributed by atoms with Crippen molar-refractivity contribution in [2.45, 2.75) is 0 Å². The van der Waals surface area contributed by atoms with E-state index in [4.69, 9.17) is 11.5 Å². The molecule has 0 aromatic heterocycles. The maximum Gasteiger partial charge on any atom is 0.314 e. The molecule has 16 amide bonds. The summed E-state index contributed by atoms with van der Waals surface area (Å²) in [5.74, 6) is -12.4. The fraction of sp³-hybridized carbons (Fsp3) is 0.0175. The summed E-state index contributed by atoms with van der Waals surface area (Å²) in [5.41, 5.74) is 15.5. The van der Waals surface area contributed by atoms with E-state index in [1.807, 2.05) is 24.3 Å². The molecule has 0 saturated carbocycles. The molecule has 0 aliphatic heterocycles. The van der Waals surface area contributed by atoms with E-state index in [2.05, 4.69) is 85.1 Å². The highest BCUT2D eigenvalue weighted by molar-refractivity contribution is 6.46. The van der Waals surface area contributed by atoms with Crippen LogP contribution >= 0.6 is 0 Å². The van der Waals surface area contributed by atoms with Crippen LogP contribution < -0.4 is 96.5 Å². The molecular weight excluding hydrogens is 1880 g/mol. The summed E-state index contributed by atoms with van der Waals surface area (Å²) in [7, 11) is 0. The molecule has 738 valence electrons. The van der Waals surface area contributed by atoms with E-state index in [0.29, 0.717) is 81.3 Å². The van der Waals surface area contributed by atoms with Crippen molar-refractivity contribution in [2.24, 2.45) is 11.5 Å². The van der Waals surface area contributed by atoms with Crippen molar-refractivity contribution < 1.29 is 76.7 Å². The van der Waals surface area contributed by atoms with E-state index >= 15 is 0 Å². The van der Waals surface area contributed by atoms with E-state index in [1.54, 1.807) is 340 Å². The van der Waals surface area contributed by atoms with Crippen molar-refractivity contribution >= 4 is 186 Å². The summed E-state index contributed by atoms with van der Waals surface area (Å²) in [6.07, 6.45) is 0. The van der Waals surface area contributed by atoms with Gasteiger partial charge in [0.2, 0.25) is 0 Å². The number of nitrogens with one attached hydrogen (secondary N) is 16. The molecule has 0 heterocycles. The Labute approximate surface area is 848 Å². The predicted molar refractivity (Wildman–Crippen MR) is 574 cm³/mol. The number of carbonyl (C=O) groups excluding carboxylic acids is 16. The van der Waals surface area contributed by atoms with Crippen molar-refractivity contribution in [3.05, 3.63) is 481 Å². The molecule has 16 rings (SSSR count). The van der Waals surface area contributed by atoms with E-state index in [9.17, 15) is 76.7 Å². The number of rotatable bonds is 25. The van der Waals surface area contributed by atoms with Crippen molar-refractivity contribution in [1.82, 2.24) is 0 Å². The van der Waals surface area contributed by atoms with Crippen LogP contribution in [0.25, 0.3) is 0 Å². The van der Waals surface area contributed by atoms with Gasteiger partial charge < -0.3 is 96.5 Å². The van der Waals surface area contributed by atoms with Gasteiger partial charge in [-0.05, 0) is 194 Å². The SMILES string of the molecule is NCCN.O=C(Nc1ccccc1)C(=O)Nc1cccc(C(=O)Nc2ccccc2)c1C(=O)Nc1ccccc1.O=C(Nc1ccccc1)C(=O)Nc1cccc(C(=O)Nc2ccccc2)c1C(=O)Nc1ccccc1.O=C(Nc1ccccc1)C(=O)Nc1cccc(C(=O)Nc2ccccc2)c1C(=O)Nc1ccccc1.O=C(Nc1ccccc1)C(=O)Nc1cccc(C(=O)Nc2ccccc2)c1C(=O)Nc1ccccc1. The summed E-state index contributed by atoms with van der Waals surface area (Å²) in [6.45, 7) is 1.19. The van der Waals surface area contributed by atoms with Gasteiger partial charge in [0, 0.05) is 81.3 Å². The van der Waals surface area contributed by atoms with Gasteiger partial charge in [-0.2, -0.15) is 0 Å². The Hall–Kier alpha value is -21.0. The second-order valence-electron chi connectivity index (χ2n) is 31.1. The first-order valence-electron chi connectivity index (χ1n) is 45.5. The summed E-state index contributed by atoms with van der Waals surface area (Å²) >= 11 is 0. The van der Waals surface area contributed by atoms with Crippen LogP contribution in [0.15, 0.2) is 437 Å². The molecule has 0 spiro atoms. The highest BCUT2D eigenvalue weighted by atomic mass is 16.2. The van der Waals surface area contributed by atoms with Gasteiger partial charge in [-0.25, -0.2) is 0 Å². The molecule has 0 bridgehead atoms. The molecule has 0 aliphatic carbocycles. The molecule has 0 aliphatic rings. The van der Waals surface area contributed by atoms with Crippen LogP contribution in [0.4, 0.5) is 91.0 Å². The quantitative estimate of drug-likeness (QED) is 0.0236. The van der Waals surface area contributed by atoms with E-state index < -0.39 is 94.5 Å². The average Bonchev–Trinajstić information content (AvgIpc) is 0.810. The Morgan fingerprint density at radius 2 is 0.243 bits per heavy atom. The lowest BCUT2D eigenvalue weighted by molar-refractivity contribution is -0.133. The Balaban J connectivity index is 0.000000173. The fourth-order valence-corrected chi connectivity index (χ4v) is 13.7. The molecule has 34 heteroatoms. The van der Waals surface area contributed by atoms with E-state index in [-0.39, 0.29) is 67.3 Å². The predicted octanol–water partition coefficient (Wildman–Crippen LogP) is 18.0. The normalized spacial score (nSPS) is 10.0. The molecule has 0 radical (unpaired) electrons. The third-order valence-corrected chi connectivity index (χ3v) is 20.5. The number of anilines is 16. The average molecular weight is 1970 g/mol. The monoisotopic (exact) mass is 1970 g/mol. The molecule has 148 heavy (non-hydrogen) atoms. The molecule has 0 fully saturated rings. The summed E-state index contributed by atoms with van der Waals surface area (Å²) in [5, 5.41) is 41.7. The second kappa shape index (κ2) is 55.1. The number of benzene rings is 16. The van der Waals surface area contributed by atoms with Gasteiger partial charge in [-0.1, -0.05) is 243 Å². The van der Waals surface area contributed by atoms with Gasteiger partial charge >= 0.3 is 47.3 Å². The van der Waals surface area contributed by atoms with Crippen molar-refractivity contribution in [3.63, 3.8) is 0 Å². The first kappa shape index (κ1) is 106. The van der Waals surface area contributed by atoms with Gasteiger partial charge in [-0.15, -0.1) is 0 Å². The lowest BCUT2D eigenvalue weighted by Crippen LogP contribution is -2.31. The smallest absolute Gasteiger partial charge is 0.314 e. The van der Waals surface area contributed by atoms with Crippen molar-refractivity contribution in [2.75, 3.05) is 98.2 Å². The van der Waals surface area contributed by atoms with Crippen LogP contribution in [-0.4, -0.2) is 108 Å². The molecule has 34 nitrogen and oxygen atoms in total. The molecule has 0 saturated heterocycles. The van der Waals surface area contributed by atoms with Gasteiger partial charge in [-0.3, -0.25) is 76.7 Å². The lowest BCUT2D eigenvalue weighted by Gasteiger charge is -2.16. The number of carbonyl (C=O) groups is 16. The van der Waals surface area contributed by atoms with Crippen LogP contribution in [0.1, 0.15) is 82.9 Å². The molecular formula is C114H96N18O16. The molecule has 16 aromatic carbocycles. The summed E-state index contributed by atoms with van der Waals surface area (Å²) in [6, 6.07) is 121. The maximum absolute atomic E-state index is 13.3. The Kier molecular flexibility index (Phi) is 39.4. The number of hydrogen-bond acceptors (Lipinski definition) is 18. The third kappa shape index (κ3) is 32.3. The Bertz CT molecular complexity index is 6480. The maximum atomic E-state index is 13.3. The van der Waals surface area contributed by atoms with Gasteiger partial charge in [0.15, 0.2) is 0 Å². The van der Waals surface area contributed by atoms with Crippen LogP contribution in [0, 0.1) is 0 Å². The van der Waals surface area contributed by atoms with Gasteiger partial charge in [0.25, 0.3) is 47.3 Å². The topological polar surface area (TPSA) is 518 Å². The summed E-state index contributed by atoms with van der Waals surface area (Å²) < 4.78 is 0. The van der Waals surface area contributed by atoms with Gasteiger partial charge in [0.1, 0.15) is 0 Å². The zero-order valence-corrected chi connectivity index (χ0v) is 78.7. The first-order valence-corrected chi connectivity index (χ1v) is 45.5. The van der Waals surface area contributed by atoms with Crippen LogP contribution in [0.2, 0.25) is 0 Å². The van der Waals surface area contributed by atoms with Crippen LogP contribution in [0.5, 0.6) is 0 Å². The molecule has 0 unspecified atom stereocenters. The number of hydrogen-bond donors (Lipinski definition) is 18. The van der Waals surface area contributed by atoms with Gasteiger partial charge in [0.05, 0.1) is 67.3 Å². The van der Waals surface area contributed by atoms with Crippen LogP contribution in [-0.2, 0) is 38.4 Å². The number of nitrogens with two attached hydrogens (primary N) is 2. The Morgan fingerprint density at radius 1 is 0.128 bits per heavy atom. The zero-order chi connectivity index (χ0) is 105. The molecule has 0 atom stereocenters.